The van der Waals surface area contributed by atoms with Gasteiger partial charge in [-0.15, -0.1) is 0 Å². The summed E-state index contributed by atoms with van der Waals surface area (Å²) in [4.78, 5) is 16.5. The molecule has 0 aliphatic carbocycles. The van der Waals surface area contributed by atoms with E-state index in [1.54, 1.807) is 30.3 Å². The van der Waals surface area contributed by atoms with E-state index in [0.29, 0.717) is 21.8 Å². The number of carbonyl (C=O) groups excluding carboxylic acids is 1. The molecule has 1 aromatic heterocycles. The Bertz CT molecular complexity index is 816. The van der Waals surface area contributed by atoms with Crippen molar-refractivity contribution < 1.29 is 4.79 Å². The summed E-state index contributed by atoms with van der Waals surface area (Å²) in [6, 6.07) is 14.4. The van der Waals surface area contributed by atoms with E-state index >= 15 is 0 Å². The van der Waals surface area contributed by atoms with Crippen LogP contribution in [0.5, 0.6) is 0 Å². The zero-order valence-corrected chi connectivity index (χ0v) is 14.2. The van der Waals surface area contributed by atoms with E-state index in [4.69, 9.17) is 10.5 Å². The van der Waals surface area contributed by atoms with Crippen molar-refractivity contribution in [1.29, 1.82) is 10.5 Å². The number of hydrogen-bond acceptors (Lipinski definition) is 5. The molecule has 5 nitrogen and oxygen atoms in total. The van der Waals surface area contributed by atoms with E-state index < -0.39 is 0 Å². The van der Waals surface area contributed by atoms with Gasteiger partial charge in [0.15, 0.2) is 0 Å². The van der Waals surface area contributed by atoms with Gasteiger partial charge in [-0.05, 0) is 42.3 Å². The molecule has 0 saturated carbocycles. The van der Waals surface area contributed by atoms with Crippen LogP contribution in [0.25, 0.3) is 0 Å². The van der Waals surface area contributed by atoms with Crippen molar-refractivity contribution in [3.8, 4) is 12.1 Å². The normalized spacial score (nSPS) is 10.0. The fraction of sp³-hybridized carbons (Fsp3) is 0.222. The van der Waals surface area contributed by atoms with Gasteiger partial charge in [-0.1, -0.05) is 25.6 Å². The van der Waals surface area contributed by atoms with Crippen LogP contribution < -0.4 is 5.32 Å². The lowest BCUT2D eigenvalue weighted by molar-refractivity contribution is -0.113. The Labute approximate surface area is 145 Å². The molecule has 2 aromatic rings. The summed E-state index contributed by atoms with van der Waals surface area (Å²) in [5.74, 6) is 0.221. The summed E-state index contributed by atoms with van der Waals surface area (Å²) in [6.07, 6.45) is 0. The molecule has 1 aromatic carbocycles. The predicted octanol–water partition coefficient (Wildman–Crippen LogP) is 3.68. The van der Waals surface area contributed by atoms with Crippen LogP contribution in [0.2, 0.25) is 0 Å². The van der Waals surface area contributed by atoms with Gasteiger partial charge in [0.05, 0.1) is 22.9 Å². The van der Waals surface area contributed by atoms with Crippen LogP contribution in [0.1, 0.15) is 36.6 Å². The summed E-state index contributed by atoms with van der Waals surface area (Å²) < 4.78 is 0. The molecule has 1 amide bonds. The van der Waals surface area contributed by atoms with Gasteiger partial charge < -0.3 is 5.32 Å². The average molecular weight is 336 g/mol. The van der Waals surface area contributed by atoms with Crippen molar-refractivity contribution in [2.24, 2.45) is 0 Å². The Morgan fingerprint density at radius 2 is 1.88 bits per heavy atom. The molecule has 0 radical (unpaired) electrons. The number of aromatic nitrogens is 1. The molecule has 0 aliphatic rings. The summed E-state index contributed by atoms with van der Waals surface area (Å²) >= 11 is 1.24. The molecule has 0 bridgehead atoms. The van der Waals surface area contributed by atoms with Gasteiger partial charge in [0, 0.05) is 11.4 Å². The number of nitrogens with one attached hydrogen (secondary N) is 1. The zero-order valence-electron chi connectivity index (χ0n) is 13.4. The molecule has 6 heteroatoms. The number of anilines is 1. The maximum atomic E-state index is 12.1. The maximum Gasteiger partial charge on any atom is 0.234 e. The number of nitriles is 2. The lowest BCUT2D eigenvalue weighted by atomic mass is 10.1. The molecule has 0 aliphatic heterocycles. The number of amides is 1. The first kappa shape index (κ1) is 17.5. The van der Waals surface area contributed by atoms with E-state index in [1.165, 1.54) is 11.8 Å². The minimum Gasteiger partial charge on any atom is -0.325 e. The first-order chi connectivity index (χ1) is 11.5. The van der Waals surface area contributed by atoms with Gasteiger partial charge >= 0.3 is 0 Å². The maximum absolute atomic E-state index is 12.1. The van der Waals surface area contributed by atoms with Crippen LogP contribution in [0.4, 0.5) is 5.69 Å². The third-order valence-corrected chi connectivity index (χ3v) is 4.22. The van der Waals surface area contributed by atoms with Gasteiger partial charge in [0.25, 0.3) is 0 Å². The van der Waals surface area contributed by atoms with E-state index in [-0.39, 0.29) is 17.6 Å². The molecule has 0 fully saturated rings. The van der Waals surface area contributed by atoms with Crippen LogP contribution in [-0.4, -0.2) is 16.6 Å². The third-order valence-electron chi connectivity index (χ3n) is 3.23. The second kappa shape index (κ2) is 8.14. The standard InChI is InChI=1S/C18H16N4OS/c1-12(2)16-8-5-14(10-20)18(22-16)24-11-17(23)21-15-6-3-13(9-19)4-7-15/h3-8,12H,11H2,1-2H3,(H,21,23). The highest BCUT2D eigenvalue weighted by atomic mass is 32.2. The van der Waals surface area contributed by atoms with E-state index in [1.807, 2.05) is 26.0 Å². The topological polar surface area (TPSA) is 89.6 Å². The van der Waals surface area contributed by atoms with E-state index in [0.717, 1.165) is 5.69 Å². The first-order valence-electron chi connectivity index (χ1n) is 7.37. The highest BCUT2D eigenvalue weighted by Crippen LogP contribution is 2.23. The molecule has 1 heterocycles. The number of rotatable bonds is 5. The Hall–Kier alpha value is -2.83. The highest BCUT2D eigenvalue weighted by molar-refractivity contribution is 8.00. The molecule has 24 heavy (non-hydrogen) atoms. The summed E-state index contributed by atoms with van der Waals surface area (Å²) in [5.41, 5.74) is 2.53. The fourth-order valence-electron chi connectivity index (χ4n) is 1.93. The quantitative estimate of drug-likeness (QED) is 0.841. The summed E-state index contributed by atoms with van der Waals surface area (Å²) in [5, 5.41) is 21.3. The SMILES string of the molecule is CC(C)c1ccc(C#N)c(SCC(=O)Nc2ccc(C#N)cc2)n1. The lowest BCUT2D eigenvalue weighted by Crippen LogP contribution is -2.14. The number of benzene rings is 1. The van der Waals surface area contributed by atoms with Crippen molar-refractivity contribution in [3.05, 3.63) is 53.2 Å². The molecular formula is C18H16N4OS. The molecule has 0 saturated heterocycles. The van der Waals surface area contributed by atoms with Gasteiger partial charge in [-0.25, -0.2) is 4.98 Å². The van der Waals surface area contributed by atoms with Crippen LogP contribution >= 0.6 is 11.8 Å². The molecule has 0 unspecified atom stereocenters. The monoisotopic (exact) mass is 336 g/mol. The smallest absolute Gasteiger partial charge is 0.234 e. The lowest BCUT2D eigenvalue weighted by Gasteiger charge is -2.09. The van der Waals surface area contributed by atoms with Crippen molar-refractivity contribution >= 4 is 23.4 Å². The number of carbonyl (C=O) groups is 1. The number of hydrogen-bond donors (Lipinski definition) is 1. The van der Waals surface area contributed by atoms with Gasteiger partial charge in [-0.2, -0.15) is 10.5 Å². The van der Waals surface area contributed by atoms with Crippen molar-refractivity contribution in [2.75, 3.05) is 11.1 Å². The van der Waals surface area contributed by atoms with Gasteiger partial charge in [0.2, 0.25) is 5.91 Å². The Balaban J connectivity index is 2.02. The second-order valence-corrected chi connectivity index (χ2v) is 6.35. The first-order valence-corrected chi connectivity index (χ1v) is 8.36. The van der Waals surface area contributed by atoms with Crippen molar-refractivity contribution in [2.45, 2.75) is 24.8 Å². The fourth-order valence-corrected chi connectivity index (χ4v) is 2.71. The minimum absolute atomic E-state index is 0.156. The molecule has 2 rings (SSSR count). The van der Waals surface area contributed by atoms with Crippen molar-refractivity contribution in [1.82, 2.24) is 4.98 Å². The Morgan fingerprint density at radius 3 is 2.46 bits per heavy atom. The highest BCUT2D eigenvalue weighted by Gasteiger charge is 2.11. The second-order valence-electron chi connectivity index (χ2n) is 5.38. The molecular weight excluding hydrogens is 320 g/mol. The minimum atomic E-state index is -0.189. The van der Waals surface area contributed by atoms with Gasteiger partial charge in [-0.3, -0.25) is 4.79 Å². The zero-order chi connectivity index (χ0) is 17.5. The third kappa shape index (κ3) is 4.58. The molecule has 120 valence electrons. The average Bonchev–Trinajstić information content (AvgIpc) is 2.60. The Morgan fingerprint density at radius 1 is 1.17 bits per heavy atom. The summed E-state index contributed by atoms with van der Waals surface area (Å²) in [7, 11) is 0. The number of pyridine rings is 1. The number of thioether (sulfide) groups is 1. The van der Waals surface area contributed by atoms with Crippen LogP contribution in [-0.2, 0) is 4.79 Å². The summed E-state index contributed by atoms with van der Waals surface area (Å²) in [6.45, 7) is 4.06. The van der Waals surface area contributed by atoms with Crippen LogP contribution in [0, 0.1) is 22.7 Å². The van der Waals surface area contributed by atoms with E-state index in [2.05, 4.69) is 16.4 Å². The molecule has 1 N–H and O–H groups in total. The van der Waals surface area contributed by atoms with Crippen LogP contribution in [0.15, 0.2) is 41.4 Å². The van der Waals surface area contributed by atoms with Gasteiger partial charge in [0.1, 0.15) is 11.1 Å². The molecule has 0 spiro atoms. The molecule has 0 atom stereocenters. The Kier molecular flexibility index (Phi) is 5.95. The predicted molar refractivity (Wildman–Crippen MR) is 93.6 cm³/mol. The van der Waals surface area contributed by atoms with Crippen LogP contribution in [0.3, 0.4) is 0 Å². The number of nitrogens with zero attached hydrogens (tertiary/aromatic N) is 3. The largest absolute Gasteiger partial charge is 0.325 e. The van der Waals surface area contributed by atoms with E-state index in [9.17, 15) is 4.79 Å². The van der Waals surface area contributed by atoms with Crippen molar-refractivity contribution in [3.63, 3.8) is 0 Å².